The number of carbonyl (C=O) groups excluding carboxylic acids is 1. The summed E-state index contributed by atoms with van der Waals surface area (Å²) >= 11 is 3.35. The fourth-order valence-corrected chi connectivity index (χ4v) is 5.67. The lowest BCUT2D eigenvalue weighted by Gasteiger charge is -2.32. The van der Waals surface area contributed by atoms with Crippen LogP contribution >= 0.6 is 22.7 Å². The second kappa shape index (κ2) is 7.20. The third-order valence-electron chi connectivity index (χ3n) is 5.59. The summed E-state index contributed by atoms with van der Waals surface area (Å²) in [5.74, 6) is 0.565. The van der Waals surface area contributed by atoms with Gasteiger partial charge in [-0.05, 0) is 49.3 Å². The fourth-order valence-electron chi connectivity index (χ4n) is 4.03. The summed E-state index contributed by atoms with van der Waals surface area (Å²) in [5.41, 5.74) is 3.14. The summed E-state index contributed by atoms with van der Waals surface area (Å²) < 4.78 is 0. The van der Waals surface area contributed by atoms with E-state index < -0.39 is 0 Å². The number of aromatic nitrogens is 2. The van der Waals surface area contributed by atoms with Gasteiger partial charge >= 0.3 is 0 Å². The number of nitrogens with zero attached hydrogens (tertiary/aromatic N) is 4. The number of hydrogen-bond donors (Lipinski definition) is 0. The maximum absolute atomic E-state index is 12.6. The van der Waals surface area contributed by atoms with Crippen molar-refractivity contribution >= 4 is 44.1 Å². The first-order valence-electron chi connectivity index (χ1n) is 9.62. The topological polar surface area (TPSA) is 49.3 Å². The molecule has 0 aliphatic carbocycles. The van der Waals surface area contributed by atoms with Gasteiger partial charge in [0.15, 0.2) is 5.13 Å². The van der Waals surface area contributed by atoms with Crippen LogP contribution in [0.1, 0.15) is 25.7 Å². The van der Waals surface area contributed by atoms with Crippen LogP contribution in [0.4, 0.5) is 5.13 Å². The van der Waals surface area contributed by atoms with E-state index in [-0.39, 0.29) is 5.92 Å². The number of hydrogen-bond acceptors (Lipinski definition) is 6. The Kier molecular flexibility index (Phi) is 4.57. The Morgan fingerprint density at radius 2 is 1.85 bits per heavy atom. The molecule has 0 unspecified atom stereocenters. The maximum atomic E-state index is 12.6. The van der Waals surface area contributed by atoms with Crippen LogP contribution < -0.4 is 4.90 Å². The standard InChI is InChI=1S/C20H22N4OS2/c25-19(23-8-1-2-9-23)14-5-10-24(11-6-14)20-22-17-4-3-16(21-18(17)27-20)15-7-12-26-13-15/h3-4,7,12-14H,1-2,5-6,8-11H2. The van der Waals surface area contributed by atoms with Crippen molar-refractivity contribution in [2.75, 3.05) is 31.1 Å². The van der Waals surface area contributed by atoms with Gasteiger partial charge in [-0.1, -0.05) is 11.3 Å². The first kappa shape index (κ1) is 17.1. The van der Waals surface area contributed by atoms with Gasteiger partial charge in [0.1, 0.15) is 10.3 Å². The molecule has 5 rings (SSSR count). The highest BCUT2D eigenvalue weighted by atomic mass is 32.1. The first-order chi connectivity index (χ1) is 13.3. The molecule has 5 nitrogen and oxygen atoms in total. The van der Waals surface area contributed by atoms with Crippen LogP contribution in [0, 0.1) is 5.92 Å². The summed E-state index contributed by atoms with van der Waals surface area (Å²) in [6.07, 6.45) is 4.19. The SMILES string of the molecule is O=C(C1CCN(c2nc3ccc(-c4ccsc4)nc3s2)CC1)N1CCCC1. The lowest BCUT2D eigenvalue weighted by atomic mass is 9.95. The minimum Gasteiger partial charge on any atom is -0.348 e. The van der Waals surface area contributed by atoms with Crippen molar-refractivity contribution < 1.29 is 4.79 Å². The quantitative estimate of drug-likeness (QED) is 0.661. The smallest absolute Gasteiger partial charge is 0.225 e. The lowest BCUT2D eigenvalue weighted by Crippen LogP contribution is -2.41. The van der Waals surface area contributed by atoms with E-state index >= 15 is 0 Å². The molecule has 0 bridgehead atoms. The van der Waals surface area contributed by atoms with Crippen molar-refractivity contribution in [3.63, 3.8) is 0 Å². The van der Waals surface area contributed by atoms with E-state index in [0.717, 1.165) is 78.6 Å². The predicted octanol–water partition coefficient (Wildman–Crippen LogP) is 4.26. The van der Waals surface area contributed by atoms with E-state index in [1.165, 1.54) is 0 Å². The van der Waals surface area contributed by atoms with Gasteiger partial charge in [-0.25, -0.2) is 9.97 Å². The molecule has 0 atom stereocenters. The molecule has 2 saturated heterocycles. The van der Waals surface area contributed by atoms with Crippen LogP contribution in [-0.2, 0) is 4.79 Å². The molecule has 2 aliphatic rings. The highest BCUT2D eigenvalue weighted by Gasteiger charge is 2.30. The van der Waals surface area contributed by atoms with E-state index in [0.29, 0.717) is 5.91 Å². The van der Waals surface area contributed by atoms with Crippen molar-refractivity contribution in [2.45, 2.75) is 25.7 Å². The molecule has 2 fully saturated rings. The molecule has 140 valence electrons. The van der Waals surface area contributed by atoms with E-state index in [4.69, 9.17) is 9.97 Å². The zero-order chi connectivity index (χ0) is 18.2. The number of fused-ring (bicyclic) bond motifs is 1. The van der Waals surface area contributed by atoms with E-state index in [9.17, 15) is 4.79 Å². The third-order valence-corrected chi connectivity index (χ3v) is 7.30. The predicted molar refractivity (Wildman–Crippen MR) is 111 cm³/mol. The van der Waals surface area contributed by atoms with Gasteiger partial charge in [0.2, 0.25) is 5.91 Å². The summed E-state index contributed by atoms with van der Waals surface area (Å²) in [6.45, 7) is 3.72. The highest BCUT2D eigenvalue weighted by molar-refractivity contribution is 7.21. The molecular formula is C20H22N4OS2. The van der Waals surface area contributed by atoms with Gasteiger partial charge in [0.25, 0.3) is 0 Å². The molecule has 2 aliphatic heterocycles. The Morgan fingerprint density at radius 3 is 2.59 bits per heavy atom. The molecule has 0 N–H and O–H groups in total. The number of likely N-dealkylation sites (tertiary alicyclic amines) is 1. The summed E-state index contributed by atoms with van der Waals surface area (Å²) in [5, 5.41) is 5.23. The van der Waals surface area contributed by atoms with Crippen molar-refractivity contribution in [1.82, 2.24) is 14.9 Å². The first-order valence-corrected chi connectivity index (χ1v) is 11.4. The highest BCUT2D eigenvalue weighted by Crippen LogP contribution is 2.33. The Balaban J connectivity index is 1.29. The number of pyridine rings is 1. The molecular weight excluding hydrogens is 376 g/mol. The number of piperidine rings is 1. The fraction of sp³-hybridized carbons (Fsp3) is 0.450. The third kappa shape index (κ3) is 3.34. The number of amides is 1. The number of anilines is 1. The van der Waals surface area contributed by atoms with Crippen LogP contribution in [0.3, 0.4) is 0 Å². The normalized spacial score (nSPS) is 18.5. The molecule has 3 aromatic heterocycles. The van der Waals surface area contributed by atoms with Crippen LogP contribution in [0.15, 0.2) is 29.0 Å². The van der Waals surface area contributed by atoms with E-state index in [1.807, 2.05) is 0 Å². The molecule has 0 spiro atoms. The average Bonchev–Trinajstić information content (AvgIpc) is 3.48. The molecule has 7 heteroatoms. The molecule has 5 heterocycles. The summed E-state index contributed by atoms with van der Waals surface area (Å²) in [6, 6.07) is 6.22. The van der Waals surface area contributed by atoms with Crippen molar-refractivity contribution in [2.24, 2.45) is 5.92 Å². The Hall–Kier alpha value is -1.99. The van der Waals surface area contributed by atoms with Gasteiger partial charge < -0.3 is 9.80 Å². The molecule has 0 radical (unpaired) electrons. The van der Waals surface area contributed by atoms with Crippen molar-refractivity contribution in [3.05, 3.63) is 29.0 Å². The van der Waals surface area contributed by atoms with E-state index in [2.05, 4.69) is 38.8 Å². The van der Waals surface area contributed by atoms with Crippen LogP contribution in [0.5, 0.6) is 0 Å². The number of rotatable bonds is 3. The maximum Gasteiger partial charge on any atom is 0.225 e. The van der Waals surface area contributed by atoms with Crippen molar-refractivity contribution in [3.8, 4) is 11.3 Å². The largest absolute Gasteiger partial charge is 0.348 e. The Bertz CT molecular complexity index is 938. The van der Waals surface area contributed by atoms with Gasteiger partial charge in [-0.2, -0.15) is 11.3 Å². The van der Waals surface area contributed by atoms with E-state index in [1.54, 1.807) is 22.7 Å². The minimum atomic E-state index is 0.192. The molecule has 1 amide bonds. The van der Waals surface area contributed by atoms with Gasteiger partial charge in [0, 0.05) is 43.0 Å². The summed E-state index contributed by atoms with van der Waals surface area (Å²) in [7, 11) is 0. The molecule has 3 aromatic rings. The molecule has 0 aromatic carbocycles. The average molecular weight is 399 g/mol. The second-order valence-corrected chi connectivity index (χ2v) is 9.06. The number of thiazole rings is 1. The second-order valence-electron chi connectivity index (χ2n) is 7.32. The monoisotopic (exact) mass is 398 g/mol. The minimum absolute atomic E-state index is 0.192. The van der Waals surface area contributed by atoms with Crippen molar-refractivity contribution in [1.29, 1.82) is 0 Å². The lowest BCUT2D eigenvalue weighted by molar-refractivity contribution is -0.135. The zero-order valence-electron chi connectivity index (χ0n) is 15.1. The molecule has 27 heavy (non-hydrogen) atoms. The number of carbonyl (C=O) groups is 1. The molecule has 0 saturated carbocycles. The van der Waals surface area contributed by atoms with Crippen LogP contribution in [0.25, 0.3) is 21.6 Å². The summed E-state index contributed by atoms with van der Waals surface area (Å²) in [4.78, 5) is 27.6. The Labute approximate surface area is 166 Å². The Morgan fingerprint density at radius 1 is 1.04 bits per heavy atom. The number of thiophene rings is 1. The van der Waals surface area contributed by atoms with Gasteiger partial charge in [-0.15, -0.1) is 0 Å². The zero-order valence-corrected chi connectivity index (χ0v) is 16.8. The van der Waals surface area contributed by atoms with Crippen LogP contribution in [0.2, 0.25) is 0 Å². The van der Waals surface area contributed by atoms with Gasteiger partial charge in [0.05, 0.1) is 5.69 Å². The van der Waals surface area contributed by atoms with Crippen LogP contribution in [-0.4, -0.2) is 47.0 Å². The van der Waals surface area contributed by atoms with Gasteiger partial charge in [-0.3, -0.25) is 4.79 Å².